The van der Waals surface area contributed by atoms with Gasteiger partial charge in [0.2, 0.25) is 0 Å². The summed E-state index contributed by atoms with van der Waals surface area (Å²) >= 11 is -5.13. The summed E-state index contributed by atoms with van der Waals surface area (Å²) in [6.45, 7) is -2.30. The summed E-state index contributed by atoms with van der Waals surface area (Å²) in [6.07, 6.45) is -7.65. The Balaban J connectivity index is 1.97. The molecule has 14 heteroatoms. The normalized spacial score (nSPS) is 50.5. The van der Waals surface area contributed by atoms with Crippen LogP contribution in [0.5, 0.6) is 0 Å². The molecule has 0 amide bonds. The molecule has 11 N–H and O–H groups in total. The topological polar surface area (TPSA) is 257 Å². The molecule has 3 saturated heterocycles. The number of carboxylic acid groups (broad SMARTS) is 1. The van der Waals surface area contributed by atoms with Crippen LogP contribution in [0.3, 0.4) is 0 Å². The average Bonchev–Trinajstić information content (AvgIpc) is 3.44. The van der Waals surface area contributed by atoms with Gasteiger partial charge in [-0.1, -0.05) is 0 Å². The molecule has 3 heterocycles. The minimum atomic E-state index is -5.13. The van der Waals surface area contributed by atoms with Crippen molar-refractivity contribution < 1.29 is 65.8 Å². The molecule has 1 spiro atoms. The number of carboxylic acids is 1. The molecule has 3 aliphatic heterocycles. The zero-order valence-corrected chi connectivity index (χ0v) is 15.7. The maximum absolute atomic E-state index is 12.6. The standard InChI is InChI=1S/C12H18O13.Sn/c13-1-3(15)5(17)7(19)8(20)10(22)12(25,11(23)24)9(21)6(18)4(16)2-14;/h4,6,9,13-21,25H,1-2H2,(H,23,24);. The van der Waals surface area contributed by atoms with E-state index in [0.717, 1.165) is 0 Å². The van der Waals surface area contributed by atoms with Crippen LogP contribution in [0.1, 0.15) is 0 Å². The Morgan fingerprint density at radius 2 is 1.50 bits per heavy atom. The zero-order valence-electron chi connectivity index (χ0n) is 12.9. The van der Waals surface area contributed by atoms with Gasteiger partial charge in [-0.05, 0) is 0 Å². The van der Waals surface area contributed by atoms with Crippen LogP contribution in [-0.2, 0) is 9.59 Å². The number of carbonyl (C=O) groups is 2. The van der Waals surface area contributed by atoms with Crippen LogP contribution in [0.15, 0.2) is 0 Å². The number of ketones is 1. The van der Waals surface area contributed by atoms with E-state index >= 15 is 0 Å². The molecular weight excluding hydrogens is 471 g/mol. The molecule has 26 heavy (non-hydrogen) atoms. The van der Waals surface area contributed by atoms with E-state index in [1.54, 1.807) is 0 Å². The molecule has 0 saturated carbocycles. The van der Waals surface area contributed by atoms with E-state index in [9.17, 15) is 55.5 Å². The van der Waals surface area contributed by atoms with Crippen molar-refractivity contribution in [3.63, 3.8) is 0 Å². The molecule has 0 aliphatic carbocycles. The third-order valence-electron chi connectivity index (χ3n) is 6.27. The third-order valence-corrected chi connectivity index (χ3v) is 24.4. The second-order valence-electron chi connectivity index (χ2n) is 6.99. The number of fused-ring (bicyclic) bond motifs is 1. The predicted molar refractivity (Wildman–Crippen MR) is 75.3 cm³/mol. The summed E-state index contributed by atoms with van der Waals surface area (Å²) in [7, 11) is 0. The van der Waals surface area contributed by atoms with Crippen LogP contribution in [0, 0.1) is 0 Å². The molecule has 3 fully saturated rings. The molecule has 0 radical (unpaired) electrons. The second kappa shape index (κ2) is 4.93. The third kappa shape index (κ3) is 1.37. The summed E-state index contributed by atoms with van der Waals surface area (Å²) in [4.78, 5) is 24.0. The number of rotatable bonds is 8. The van der Waals surface area contributed by atoms with Crippen molar-refractivity contribution in [2.45, 2.75) is 38.4 Å². The summed E-state index contributed by atoms with van der Waals surface area (Å²) in [5.74, 6) is -4.55. The first-order valence-corrected chi connectivity index (χ1v) is 13.1. The first-order valence-electron chi connectivity index (χ1n) is 7.37. The number of carbonyl (C=O) groups excluding carboxylic acids is 1. The summed E-state index contributed by atoms with van der Waals surface area (Å²) in [5, 5.41) is 107. The van der Waals surface area contributed by atoms with E-state index in [4.69, 9.17) is 10.2 Å². The van der Waals surface area contributed by atoms with Crippen molar-refractivity contribution in [2.75, 3.05) is 13.2 Å². The van der Waals surface area contributed by atoms with Crippen LogP contribution < -0.4 is 0 Å². The first-order chi connectivity index (χ1) is 11.7. The van der Waals surface area contributed by atoms with E-state index < -0.39 is 81.7 Å². The Labute approximate surface area is 147 Å². The minimum absolute atomic E-state index is 1.13. The van der Waals surface area contributed by atoms with E-state index in [2.05, 4.69) is 0 Å². The van der Waals surface area contributed by atoms with E-state index in [1.807, 2.05) is 0 Å². The van der Waals surface area contributed by atoms with Gasteiger partial charge in [-0.3, -0.25) is 0 Å². The average molecular weight is 489 g/mol. The molecule has 13 nitrogen and oxygen atoms in total. The number of aliphatic carboxylic acids is 1. The molecule has 0 bridgehead atoms. The van der Waals surface area contributed by atoms with Gasteiger partial charge in [-0.15, -0.1) is 0 Å². The van der Waals surface area contributed by atoms with Crippen molar-refractivity contribution in [1.29, 1.82) is 0 Å². The Morgan fingerprint density at radius 1 is 1.00 bits per heavy atom. The van der Waals surface area contributed by atoms with Crippen LogP contribution in [-0.4, -0.2) is 138 Å². The summed E-state index contributed by atoms with van der Waals surface area (Å²) < 4.78 is -10.3. The molecule has 148 valence electrons. The Bertz CT molecular complexity index is 707. The summed E-state index contributed by atoms with van der Waals surface area (Å²) in [5.41, 5.74) is -3.95. The monoisotopic (exact) mass is 490 g/mol. The van der Waals surface area contributed by atoms with Gasteiger partial charge in [0, 0.05) is 0 Å². The fraction of sp³-hybridized carbons (Fsp3) is 0.833. The molecule has 0 aromatic rings. The zero-order chi connectivity index (χ0) is 20.3. The number of hydrogen-bond donors (Lipinski definition) is 11. The Morgan fingerprint density at radius 3 is 1.85 bits per heavy atom. The number of aliphatic hydroxyl groups is 10. The van der Waals surface area contributed by atoms with Gasteiger partial charge in [0.15, 0.2) is 0 Å². The maximum atomic E-state index is 12.6. The Hall–Kier alpha value is -0.461. The molecule has 0 aromatic heterocycles. The molecule has 3 aliphatic rings. The fourth-order valence-corrected chi connectivity index (χ4v) is 30.1. The SMILES string of the molecule is O=C(O)C(O)(C(=O)[C]1(O)[C]2(O)[C]3(O)[C](O)(CO)[Sn]132)C(O)C(O)C(O)CO. The van der Waals surface area contributed by atoms with E-state index in [1.165, 1.54) is 0 Å². The number of aliphatic hydroxyl groups excluding tert-OH is 5. The van der Waals surface area contributed by atoms with Crippen molar-refractivity contribution in [1.82, 2.24) is 0 Å². The van der Waals surface area contributed by atoms with Gasteiger partial charge in [0.05, 0.1) is 0 Å². The van der Waals surface area contributed by atoms with Gasteiger partial charge in [-0.2, -0.15) is 0 Å². The van der Waals surface area contributed by atoms with Gasteiger partial charge in [0.25, 0.3) is 0 Å². The molecule has 9 unspecified atom stereocenters. The van der Waals surface area contributed by atoms with Crippen molar-refractivity contribution >= 4 is 30.1 Å². The second-order valence-corrected chi connectivity index (χ2v) is 19.8. The molecule has 3 rings (SSSR count). The number of Topliss-reactive ketones (excluding diaryl/α,β-unsaturated/α-hetero) is 1. The summed E-state index contributed by atoms with van der Waals surface area (Å²) in [6, 6.07) is 0. The van der Waals surface area contributed by atoms with E-state index in [-0.39, 0.29) is 0 Å². The molecular formula is C12H18O13Sn. The Kier molecular flexibility index (Phi) is 3.84. The van der Waals surface area contributed by atoms with Crippen LogP contribution >= 0.6 is 0 Å². The van der Waals surface area contributed by atoms with Crippen LogP contribution in [0.25, 0.3) is 0 Å². The van der Waals surface area contributed by atoms with Gasteiger partial charge in [-0.25, -0.2) is 0 Å². The molecule has 9 atom stereocenters. The van der Waals surface area contributed by atoms with Crippen LogP contribution in [0.4, 0.5) is 0 Å². The van der Waals surface area contributed by atoms with E-state index in [0.29, 0.717) is 0 Å². The predicted octanol–water partition coefficient (Wildman–Crippen LogP) is -7.99. The molecule has 0 aromatic carbocycles. The van der Waals surface area contributed by atoms with Crippen molar-refractivity contribution in [2.24, 2.45) is 0 Å². The van der Waals surface area contributed by atoms with Gasteiger partial charge < -0.3 is 0 Å². The van der Waals surface area contributed by atoms with Gasteiger partial charge >= 0.3 is 147 Å². The first kappa shape index (κ1) is 20.3. The van der Waals surface area contributed by atoms with Gasteiger partial charge in [0.1, 0.15) is 0 Å². The van der Waals surface area contributed by atoms with Crippen LogP contribution in [0.2, 0.25) is 0 Å². The fourth-order valence-electron chi connectivity index (χ4n) is 4.72. The number of hydrogen-bond acceptors (Lipinski definition) is 12. The van der Waals surface area contributed by atoms with Crippen molar-refractivity contribution in [3.05, 3.63) is 0 Å². The quantitative estimate of drug-likeness (QED) is 0.112. The van der Waals surface area contributed by atoms with Crippen molar-refractivity contribution in [3.8, 4) is 0 Å².